The van der Waals surface area contributed by atoms with Crippen molar-refractivity contribution in [2.45, 2.75) is 38.3 Å². The van der Waals surface area contributed by atoms with Crippen LogP contribution in [0.15, 0.2) is 11.5 Å². The van der Waals surface area contributed by atoms with E-state index < -0.39 is 35.9 Å². The monoisotopic (exact) mass is 400 g/mol. The molecule has 2 saturated heterocycles. The zero-order chi connectivity index (χ0) is 16.0. The van der Waals surface area contributed by atoms with E-state index in [0.29, 0.717) is 13.2 Å². The van der Waals surface area contributed by atoms with Gasteiger partial charge in [-0.3, -0.25) is 0 Å². The molecule has 0 aromatic carbocycles. The van der Waals surface area contributed by atoms with Gasteiger partial charge in [0, 0.05) is 0 Å². The molecule has 0 spiro atoms. The topological polar surface area (TPSA) is 92.7 Å². The van der Waals surface area contributed by atoms with Gasteiger partial charge < -0.3 is 0 Å². The molecule has 2 fully saturated rings. The third kappa shape index (κ3) is 3.26. The van der Waals surface area contributed by atoms with Gasteiger partial charge in [-0.2, -0.15) is 0 Å². The van der Waals surface area contributed by atoms with E-state index >= 15 is 0 Å². The van der Waals surface area contributed by atoms with Crippen LogP contribution < -0.4 is 0 Å². The van der Waals surface area contributed by atoms with E-state index in [1.165, 1.54) is 0 Å². The molecule has 0 aromatic heterocycles. The SMILES string of the molecule is CC1(C)OC[C@@H]([C@H]2OC(=O)C(O)=C2OP2(=[Se])OCCCO2)O1. The van der Waals surface area contributed by atoms with Crippen LogP contribution >= 0.6 is 6.19 Å². The Morgan fingerprint density at radius 3 is 2.64 bits per heavy atom. The van der Waals surface area contributed by atoms with Crippen molar-refractivity contribution in [3.05, 3.63) is 11.5 Å². The van der Waals surface area contributed by atoms with Gasteiger partial charge in [0.15, 0.2) is 0 Å². The minimum absolute atomic E-state index is 0.0368. The summed E-state index contributed by atoms with van der Waals surface area (Å²) in [5.74, 6) is -2.28. The van der Waals surface area contributed by atoms with E-state index in [2.05, 4.69) is 15.1 Å². The van der Waals surface area contributed by atoms with Crippen LogP contribution in [-0.4, -0.2) is 64.0 Å². The first-order valence-electron chi connectivity index (χ1n) is 6.84. The van der Waals surface area contributed by atoms with Crippen LogP contribution in [0.5, 0.6) is 0 Å². The number of esters is 1. The molecule has 0 amide bonds. The van der Waals surface area contributed by atoms with E-state index in [4.69, 9.17) is 27.8 Å². The molecule has 0 aliphatic carbocycles. The van der Waals surface area contributed by atoms with Gasteiger partial charge in [0.1, 0.15) is 0 Å². The molecule has 8 nitrogen and oxygen atoms in total. The van der Waals surface area contributed by atoms with Crippen LogP contribution in [0.2, 0.25) is 0 Å². The summed E-state index contributed by atoms with van der Waals surface area (Å²) in [6, 6.07) is 0. The third-order valence-electron chi connectivity index (χ3n) is 3.28. The molecular weight excluding hydrogens is 382 g/mol. The van der Waals surface area contributed by atoms with Crippen molar-refractivity contribution in [2.24, 2.45) is 0 Å². The molecule has 124 valence electrons. The van der Waals surface area contributed by atoms with Gasteiger partial charge in [-0.05, 0) is 0 Å². The molecule has 3 heterocycles. The van der Waals surface area contributed by atoms with Crippen molar-refractivity contribution >= 4 is 27.3 Å². The summed E-state index contributed by atoms with van der Waals surface area (Å²) in [5, 5.41) is 9.94. The minimum atomic E-state index is -2.76. The Morgan fingerprint density at radius 2 is 2.05 bits per heavy atom. The van der Waals surface area contributed by atoms with E-state index in [9.17, 15) is 9.90 Å². The van der Waals surface area contributed by atoms with Gasteiger partial charge in [-0.1, -0.05) is 0 Å². The maximum atomic E-state index is 11.7. The standard InChI is InChI=1S/C12H17O8PSe/c1-12(2)15-6-7(19-12)9-10(8(13)11(14)18-9)20-21(22)16-4-3-5-17-21/h7,9,13H,3-6H2,1-2H3/t7-,9+/m0/s1. The number of rotatable bonds is 3. The number of aliphatic hydroxyl groups excluding tert-OH is 1. The summed E-state index contributed by atoms with van der Waals surface area (Å²) in [5.41, 5.74) is 0. The summed E-state index contributed by atoms with van der Waals surface area (Å²) in [4.78, 5) is 11.7. The Balaban J connectivity index is 1.79. The maximum absolute atomic E-state index is 11.7. The molecule has 1 N–H and O–H groups in total. The number of ether oxygens (including phenoxy) is 3. The zero-order valence-corrected chi connectivity index (χ0v) is 14.8. The third-order valence-corrected chi connectivity index (χ3v) is 6.50. The second-order valence-corrected chi connectivity index (χ2v) is 9.87. The molecule has 3 aliphatic heterocycles. The molecular formula is C12H17O8PSe. The van der Waals surface area contributed by atoms with Crippen LogP contribution in [0.4, 0.5) is 0 Å². The van der Waals surface area contributed by atoms with E-state index in [0.717, 1.165) is 6.42 Å². The van der Waals surface area contributed by atoms with E-state index in [-0.39, 0.29) is 12.4 Å². The molecule has 0 saturated carbocycles. The fraction of sp³-hybridized carbons (Fsp3) is 0.750. The Morgan fingerprint density at radius 1 is 1.36 bits per heavy atom. The predicted octanol–water partition coefficient (Wildman–Crippen LogP) is 1.13. The first-order chi connectivity index (χ1) is 10.3. The van der Waals surface area contributed by atoms with E-state index in [1.807, 2.05) is 0 Å². The van der Waals surface area contributed by atoms with Crippen LogP contribution in [0.1, 0.15) is 20.3 Å². The Kier molecular flexibility index (Phi) is 4.42. The number of cyclic esters (lactones) is 1. The Bertz CT molecular complexity index is 549. The average molecular weight is 399 g/mol. The van der Waals surface area contributed by atoms with Crippen LogP contribution in [0, 0.1) is 0 Å². The molecule has 3 rings (SSSR count). The fourth-order valence-corrected chi connectivity index (χ4v) is 5.05. The van der Waals surface area contributed by atoms with Gasteiger partial charge in [0.05, 0.1) is 0 Å². The van der Waals surface area contributed by atoms with Crippen LogP contribution in [0.3, 0.4) is 0 Å². The molecule has 22 heavy (non-hydrogen) atoms. The molecule has 0 unspecified atom stereocenters. The second-order valence-electron chi connectivity index (χ2n) is 5.46. The zero-order valence-electron chi connectivity index (χ0n) is 12.1. The number of hydrogen-bond donors (Lipinski definition) is 1. The van der Waals surface area contributed by atoms with Crippen LogP contribution in [0.25, 0.3) is 0 Å². The molecule has 2 atom stereocenters. The molecule has 0 radical (unpaired) electrons. The van der Waals surface area contributed by atoms with E-state index in [1.54, 1.807) is 13.8 Å². The molecule has 0 aromatic rings. The van der Waals surface area contributed by atoms with Gasteiger partial charge >= 0.3 is 135 Å². The summed E-state index contributed by atoms with van der Waals surface area (Å²) < 4.78 is 32.9. The van der Waals surface area contributed by atoms with Gasteiger partial charge in [0.25, 0.3) is 0 Å². The number of hydrogen-bond acceptors (Lipinski definition) is 8. The number of carbonyl (C=O) groups excluding carboxylic acids is 1. The number of carbonyl (C=O) groups is 1. The average Bonchev–Trinajstić information content (AvgIpc) is 2.94. The molecule has 0 bridgehead atoms. The normalized spacial score (nSPS) is 33.8. The van der Waals surface area contributed by atoms with Crippen molar-refractivity contribution < 1.29 is 37.7 Å². The predicted molar refractivity (Wildman–Crippen MR) is 74.7 cm³/mol. The van der Waals surface area contributed by atoms with Crippen LogP contribution in [-0.2, 0) is 32.6 Å². The van der Waals surface area contributed by atoms with Crippen molar-refractivity contribution in [1.29, 1.82) is 0 Å². The van der Waals surface area contributed by atoms with Gasteiger partial charge in [0.2, 0.25) is 0 Å². The molecule has 3 aliphatic rings. The number of aliphatic hydroxyl groups is 1. The summed E-state index contributed by atoms with van der Waals surface area (Å²) in [6.45, 7) is 4.67. The quantitative estimate of drug-likeness (QED) is 0.429. The van der Waals surface area contributed by atoms with Crippen molar-refractivity contribution in [3.8, 4) is 0 Å². The summed E-state index contributed by atoms with van der Waals surface area (Å²) >= 11 is 2.74. The summed E-state index contributed by atoms with van der Waals surface area (Å²) in [6.07, 6.45) is -3.47. The van der Waals surface area contributed by atoms with Gasteiger partial charge in [-0.15, -0.1) is 0 Å². The summed E-state index contributed by atoms with van der Waals surface area (Å²) in [7, 11) is 0. The first kappa shape index (κ1) is 16.5. The van der Waals surface area contributed by atoms with Gasteiger partial charge in [-0.25, -0.2) is 0 Å². The van der Waals surface area contributed by atoms with Crippen molar-refractivity contribution in [2.75, 3.05) is 19.8 Å². The molecule has 10 heteroatoms. The first-order valence-corrected chi connectivity index (χ1v) is 10.6. The fourth-order valence-electron chi connectivity index (χ4n) is 2.29. The van der Waals surface area contributed by atoms with Crippen molar-refractivity contribution in [1.82, 2.24) is 0 Å². The Labute approximate surface area is 135 Å². The Hall–Kier alpha value is -0.401. The second kappa shape index (κ2) is 5.91. The van der Waals surface area contributed by atoms with Crippen molar-refractivity contribution in [3.63, 3.8) is 0 Å².